The number of ether oxygens (including phenoxy) is 3. The molecule has 1 N–H and O–H groups in total. The molecule has 0 fully saturated rings. The SMILES string of the molecule is O=C(Nc1ccc(OCCc2ccccc2)cc1)c1cccc(OCCOc2ccccc2)c1. The molecule has 0 saturated carbocycles. The van der Waals surface area contributed by atoms with Gasteiger partial charge in [-0.05, 0) is 60.2 Å². The number of amides is 1. The van der Waals surface area contributed by atoms with Gasteiger partial charge in [-0.2, -0.15) is 0 Å². The molecule has 5 heteroatoms. The number of benzene rings is 4. The third-order valence-corrected chi connectivity index (χ3v) is 5.07. The third-order valence-electron chi connectivity index (χ3n) is 5.07. The average Bonchev–Trinajstić information content (AvgIpc) is 2.89. The van der Waals surface area contributed by atoms with Crippen molar-refractivity contribution in [1.82, 2.24) is 0 Å². The van der Waals surface area contributed by atoms with E-state index in [2.05, 4.69) is 17.4 Å². The molecule has 4 aromatic carbocycles. The molecule has 4 aromatic rings. The van der Waals surface area contributed by atoms with E-state index in [0.717, 1.165) is 17.9 Å². The molecule has 0 aliphatic rings. The van der Waals surface area contributed by atoms with E-state index in [1.165, 1.54) is 5.56 Å². The van der Waals surface area contributed by atoms with Crippen molar-refractivity contribution in [3.8, 4) is 17.2 Å². The van der Waals surface area contributed by atoms with Gasteiger partial charge < -0.3 is 19.5 Å². The first kappa shape index (κ1) is 22.9. The fraction of sp³-hybridized carbons (Fsp3) is 0.138. The minimum atomic E-state index is -0.205. The molecule has 0 spiro atoms. The third kappa shape index (κ3) is 7.14. The first-order chi connectivity index (χ1) is 16.8. The molecule has 0 aromatic heterocycles. The minimum Gasteiger partial charge on any atom is -0.493 e. The van der Waals surface area contributed by atoms with Gasteiger partial charge in [0, 0.05) is 17.7 Å². The van der Waals surface area contributed by atoms with Gasteiger partial charge in [0.15, 0.2) is 0 Å². The van der Waals surface area contributed by atoms with E-state index in [-0.39, 0.29) is 5.91 Å². The Morgan fingerprint density at radius 1 is 0.588 bits per heavy atom. The highest BCUT2D eigenvalue weighted by Gasteiger charge is 2.08. The quantitative estimate of drug-likeness (QED) is 0.282. The van der Waals surface area contributed by atoms with Gasteiger partial charge in [0.2, 0.25) is 0 Å². The zero-order valence-electron chi connectivity index (χ0n) is 18.9. The number of hydrogen-bond donors (Lipinski definition) is 1. The van der Waals surface area contributed by atoms with Crippen LogP contribution in [0.15, 0.2) is 109 Å². The van der Waals surface area contributed by atoms with Crippen LogP contribution in [0.25, 0.3) is 0 Å². The van der Waals surface area contributed by atoms with Gasteiger partial charge in [-0.25, -0.2) is 0 Å². The molecule has 0 radical (unpaired) electrons. The standard InChI is InChI=1S/C29H27NO4/c31-29(24-10-7-13-28(22-24)34-21-20-33-26-11-5-2-6-12-26)30-25-14-16-27(17-15-25)32-19-18-23-8-3-1-4-9-23/h1-17,22H,18-21H2,(H,30,31). The summed E-state index contributed by atoms with van der Waals surface area (Å²) in [6.07, 6.45) is 0.843. The van der Waals surface area contributed by atoms with Crippen molar-refractivity contribution in [3.63, 3.8) is 0 Å². The lowest BCUT2D eigenvalue weighted by Gasteiger charge is -2.10. The van der Waals surface area contributed by atoms with Crippen LogP contribution < -0.4 is 19.5 Å². The second-order valence-electron chi connectivity index (χ2n) is 7.60. The van der Waals surface area contributed by atoms with E-state index in [4.69, 9.17) is 14.2 Å². The smallest absolute Gasteiger partial charge is 0.255 e. The van der Waals surface area contributed by atoms with Gasteiger partial charge in [-0.3, -0.25) is 4.79 Å². The number of hydrogen-bond acceptors (Lipinski definition) is 4. The van der Waals surface area contributed by atoms with Crippen LogP contribution in [0.4, 0.5) is 5.69 Å². The molecule has 0 aliphatic carbocycles. The van der Waals surface area contributed by atoms with Crippen LogP contribution >= 0.6 is 0 Å². The predicted octanol–water partition coefficient (Wildman–Crippen LogP) is 6.02. The molecule has 0 saturated heterocycles. The molecule has 4 rings (SSSR count). The normalized spacial score (nSPS) is 10.4. The van der Waals surface area contributed by atoms with E-state index in [1.54, 1.807) is 18.2 Å². The number of rotatable bonds is 11. The first-order valence-corrected chi connectivity index (χ1v) is 11.3. The largest absolute Gasteiger partial charge is 0.493 e. The van der Waals surface area contributed by atoms with E-state index in [9.17, 15) is 4.79 Å². The molecule has 0 aliphatic heterocycles. The highest BCUT2D eigenvalue weighted by atomic mass is 16.5. The maximum absolute atomic E-state index is 12.7. The summed E-state index contributed by atoms with van der Waals surface area (Å²) in [6, 6.07) is 34.3. The van der Waals surface area contributed by atoms with Crippen LogP contribution in [0.2, 0.25) is 0 Å². The fourth-order valence-corrected chi connectivity index (χ4v) is 3.33. The van der Waals surface area contributed by atoms with Crippen LogP contribution in [-0.4, -0.2) is 25.7 Å². The van der Waals surface area contributed by atoms with Crippen LogP contribution in [0.1, 0.15) is 15.9 Å². The Morgan fingerprint density at radius 2 is 1.18 bits per heavy atom. The van der Waals surface area contributed by atoms with Gasteiger partial charge in [-0.15, -0.1) is 0 Å². The average molecular weight is 454 g/mol. The Balaban J connectivity index is 1.23. The van der Waals surface area contributed by atoms with Crippen molar-refractivity contribution in [1.29, 1.82) is 0 Å². The molecule has 1 amide bonds. The minimum absolute atomic E-state index is 0.205. The molecule has 5 nitrogen and oxygen atoms in total. The number of carbonyl (C=O) groups is 1. The summed E-state index contributed by atoms with van der Waals surface area (Å²) in [5.41, 5.74) is 2.45. The van der Waals surface area contributed by atoms with Crippen LogP contribution in [-0.2, 0) is 6.42 Å². The van der Waals surface area contributed by atoms with Gasteiger partial charge >= 0.3 is 0 Å². The van der Waals surface area contributed by atoms with Crippen molar-refractivity contribution in [2.75, 3.05) is 25.1 Å². The summed E-state index contributed by atoms with van der Waals surface area (Å²) in [5.74, 6) is 1.98. The molecule has 34 heavy (non-hydrogen) atoms. The predicted molar refractivity (Wildman–Crippen MR) is 134 cm³/mol. The van der Waals surface area contributed by atoms with Gasteiger partial charge in [0.05, 0.1) is 6.61 Å². The van der Waals surface area contributed by atoms with Crippen molar-refractivity contribution in [2.24, 2.45) is 0 Å². The Morgan fingerprint density at radius 3 is 1.91 bits per heavy atom. The second-order valence-corrected chi connectivity index (χ2v) is 7.60. The molecule has 0 heterocycles. The maximum atomic E-state index is 12.7. The zero-order chi connectivity index (χ0) is 23.4. The van der Waals surface area contributed by atoms with E-state index in [0.29, 0.717) is 36.8 Å². The molecular formula is C29H27NO4. The molecular weight excluding hydrogens is 426 g/mol. The lowest BCUT2D eigenvalue weighted by molar-refractivity contribution is 0.102. The number of anilines is 1. The van der Waals surface area contributed by atoms with Gasteiger partial charge in [0.1, 0.15) is 30.5 Å². The Bertz CT molecular complexity index is 1160. The topological polar surface area (TPSA) is 56.8 Å². The van der Waals surface area contributed by atoms with Crippen LogP contribution in [0.3, 0.4) is 0 Å². The molecule has 0 atom stereocenters. The highest BCUT2D eigenvalue weighted by molar-refractivity contribution is 6.04. The maximum Gasteiger partial charge on any atom is 0.255 e. The zero-order valence-corrected chi connectivity index (χ0v) is 18.9. The Kier molecular flexibility index (Phi) is 8.17. The van der Waals surface area contributed by atoms with E-state index >= 15 is 0 Å². The van der Waals surface area contributed by atoms with Crippen molar-refractivity contribution in [2.45, 2.75) is 6.42 Å². The van der Waals surface area contributed by atoms with Crippen molar-refractivity contribution < 1.29 is 19.0 Å². The van der Waals surface area contributed by atoms with Gasteiger partial charge in [-0.1, -0.05) is 54.6 Å². The van der Waals surface area contributed by atoms with E-state index < -0.39 is 0 Å². The van der Waals surface area contributed by atoms with Gasteiger partial charge in [0.25, 0.3) is 5.91 Å². The summed E-state index contributed by atoms with van der Waals surface area (Å²) in [6.45, 7) is 1.39. The number of carbonyl (C=O) groups excluding carboxylic acids is 1. The van der Waals surface area contributed by atoms with Crippen LogP contribution in [0, 0.1) is 0 Å². The molecule has 172 valence electrons. The lowest BCUT2D eigenvalue weighted by atomic mass is 10.2. The summed E-state index contributed by atoms with van der Waals surface area (Å²) in [7, 11) is 0. The molecule has 0 unspecified atom stereocenters. The summed E-state index contributed by atoms with van der Waals surface area (Å²) >= 11 is 0. The number of nitrogens with one attached hydrogen (secondary N) is 1. The Hall–Kier alpha value is -4.25. The monoisotopic (exact) mass is 453 g/mol. The number of para-hydroxylation sites is 1. The van der Waals surface area contributed by atoms with Crippen LogP contribution in [0.5, 0.6) is 17.2 Å². The molecule has 0 bridgehead atoms. The summed E-state index contributed by atoms with van der Waals surface area (Å²) < 4.78 is 17.2. The van der Waals surface area contributed by atoms with Crippen molar-refractivity contribution in [3.05, 3.63) is 120 Å². The van der Waals surface area contributed by atoms with Crippen molar-refractivity contribution >= 4 is 11.6 Å². The summed E-state index contributed by atoms with van der Waals surface area (Å²) in [5, 5.41) is 2.91. The first-order valence-electron chi connectivity index (χ1n) is 11.3. The summed E-state index contributed by atoms with van der Waals surface area (Å²) in [4.78, 5) is 12.7. The highest BCUT2D eigenvalue weighted by Crippen LogP contribution is 2.19. The second kappa shape index (κ2) is 12.1. The lowest BCUT2D eigenvalue weighted by Crippen LogP contribution is -2.13. The van der Waals surface area contributed by atoms with E-state index in [1.807, 2.05) is 78.9 Å². The fourth-order valence-electron chi connectivity index (χ4n) is 3.33. The Labute approximate surface area is 199 Å².